The summed E-state index contributed by atoms with van der Waals surface area (Å²) in [7, 11) is 0. The molecular weight excluding hydrogens is 261 g/mol. The molecule has 0 saturated carbocycles. The molecule has 1 unspecified atom stereocenters. The van der Waals surface area contributed by atoms with Crippen LogP contribution in [0.25, 0.3) is 10.9 Å². The molecule has 6 heteroatoms. The third-order valence-corrected chi connectivity index (χ3v) is 3.66. The molecule has 1 atom stereocenters. The standard InChI is InChI=1S/C14H14FN3O2/c15-11-5-1-4-10-12(11)16-8-17-13(10)18-6-2-3-9(7-18)14(19)20/h1,4-5,8-9H,2-3,6-7H2,(H,19,20). The molecule has 1 fully saturated rings. The van der Waals surface area contributed by atoms with Crippen molar-refractivity contribution in [2.24, 2.45) is 5.92 Å². The van der Waals surface area contributed by atoms with Gasteiger partial charge in [0.2, 0.25) is 0 Å². The molecule has 1 aliphatic rings. The Kier molecular flexibility index (Phi) is 3.22. The summed E-state index contributed by atoms with van der Waals surface area (Å²) in [4.78, 5) is 21.2. The Labute approximate surface area is 115 Å². The zero-order valence-electron chi connectivity index (χ0n) is 10.8. The van der Waals surface area contributed by atoms with E-state index < -0.39 is 17.7 Å². The van der Waals surface area contributed by atoms with Crippen LogP contribution in [-0.2, 0) is 4.79 Å². The zero-order chi connectivity index (χ0) is 14.1. The van der Waals surface area contributed by atoms with Crippen LogP contribution in [-0.4, -0.2) is 34.1 Å². The third-order valence-electron chi connectivity index (χ3n) is 3.66. The number of piperidine rings is 1. The molecule has 1 aromatic carbocycles. The van der Waals surface area contributed by atoms with Gasteiger partial charge in [0.25, 0.3) is 0 Å². The Morgan fingerprint density at radius 1 is 1.40 bits per heavy atom. The maximum absolute atomic E-state index is 13.7. The monoisotopic (exact) mass is 275 g/mol. The van der Waals surface area contributed by atoms with E-state index >= 15 is 0 Å². The molecule has 0 amide bonds. The van der Waals surface area contributed by atoms with Gasteiger partial charge in [-0.1, -0.05) is 6.07 Å². The van der Waals surface area contributed by atoms with E-state index in [-0.39, 0.29) is 5.52 Å². The lowest BCUT2D eigenvalue weighted by atomic mass is 9.98. The summed E-state index contributed by atoms with van der Waals surface area (Å²) in [6.45, 7) is 1.13. The molecule has 5 nitrogen and oxygen atoms in total. The van der Waals surface area contributed by atoms with Crippen LogP contribution in [0, 0.1) is 11.7 Å². The van der Waals surface area contributed by atoms with E-state index in [9.17, 15) is 9.18 Å². The van der Waals surface area contributed by atoms with Crippen molar-refractivity contribution in [2.45, 2.75) is 12.8 Å². The highest BCUT2D eigenvalue weighted by atomic mass is 19.1. The molecule has 1 N–H and O–H groups in total. The number of para-hydroxylation sites is 1. The van der Waals surface area contributed by atoms with Crippen LogP contribution in [0.4, 0.5) is 10.2 Å². The quantitative estimate of drug-likeness (QED) is 0.908. The predicted octanol–water partition coefficient (Wildman–Crippen LogP) is 2.07. The third kappa shape index (κ3) is 2.17. The highest BCUT2D eigenvalue weighted by molar-refractivity contribution is 5.89. The van der Waals surface area contributed by atoms with E-state index in [1.54, 1.807) is 12.1 Å². The number of carbonyl (C=O) groups is 1. The van der Waals surface area contributed by atoms with Crippen molar-refractivity contribution in [1.29, 1.82) is 0 Å². The normalized spacial score (nSPS) is 19.2. The van der Waals surface area contributed by atoms with E-state index in [2.05, 4.69) is 9.97 Å². The summed E-state index contributed by atoms with van der Waals surface area (Å²) < 4.78 is 13.7. The van der Waals surface area contributed by atoms with E-state index in [1.807, 2.05) is 4.90 Å². The average Bonchev–Trinajstić information content (AvgIpc) is 2.47. The lowest BCUT2D eigenvalue weighted by molar-refractivity contribution is -0.141. The fraction of sp³-hybridized carbons (Fsp3) is 0.357. The molecular formula is C14H14FN3O2. The van der Waals surface area contributed by atoms with Crippen LogP contribution in [0.5, 0.6) is 0 Å². The summed E-state index contributed by atoms with van der Waals surface area (Å²) in [5, 5.41) is 9.76. The van der Waals surface area contributed by atoms with Crippen LogP contribution < -0.4 is 4.90 Å². The maximum Gasteiger partial charge on any atom is 0.308 e. The highest BCUT2D eigenvalue weighted by Gasteiger charge is 2.27. The number of halogens is 1. The lowest BCUT2D eigenvalue weighted by Gasteiger charge is -2.32. The Morgan fingerprint density at radius 2 is 2.25 bits per heavy atom. The van der Waals surface area contributed by atoms with Crippen molar-refractivity contribution < 1.29 is 14.3 Å². The van der Waals surface area contributed by atoms with Crippen molar-refractivity contribution in [2.75, 3.05) is 18.0 Å². The number of hydrogen-bond donors (Lipinski definition) is 1. The van der Waals surface area contributed by atoms with Crippen molar-refractivity contribution in [3.8, 4) is 0 Å². The molecule has 0 bridgehead atoms. The molecule has 0 radical (unpaired) electrons. The van der Waals surface area contributed by atoms with E-state index in [0.717, 1.165) is 13.0 Å². The lowest BCUT2D eigenvalue weighted by Crippen LogP contribution is -2.39. The number of carboxylic acid groups (broad SMARTS) is 1. The molecule has 2 aromatic rings. The zero-order valence-corrected chi connectivity index (χ0v) is 10.8. The van der Waals surface area contributed by atoms with Gasteiger partial charge in [-0.2, -0.15) is 0 Å². The number of benzene rings is 1. The summed E-state index contributed by atoms with van der Waals surface area (Å²) in [5.74, 6) is -0.972. The Bertz CT molecular complexity index is 662. The average molecular weight is 275 g/mol. The van der Waals surface area contributed by atoms with Gasteiger partial charge in [-0.15, -0.1) is 0 Å². The van der Waals surface area contributed by atoms with Gasteiger partial charge in [-0.05, 0) is 25.0 Å². The van der Waals surface area contributed by atoms with Crippen LogP contribution in [0.2, 0.25) is 0 Å². The van der Waals surface area contributed by atoms with Crippen LogP contribution in [0.3, 0.4) is 0 Å². The van der Waals surface area contributed by atoms with Gasteiger partial charge in [-0.25, -0.2) is 14.4 Å². The minimum atomic E-state index is -0.792. The molecule has 1 aromatic heterocycles. The Hall–Kier alpha value is -2.24. The second kappa shape index (κ2) is 5.03. The summed E-state index contributed by atoms with van der Waals surface area (Å²) >= 11 is 0. The molecule has 0 spiro atoms. The number of aliphatic carboxylic acids is 1. The summed E-state index contributed by atoms with van der Waals surface area (Å²) in [5.41, 5.74) is 0.273. The number of rotatable bonds is 2. The first-order chi connectivity index (χ1) is 9.66. The number of fused-ring (bicyclic) bond motifs is 1. The Balaban J connectivity index is 2.02. The minimum absolute atomic E-state index is 0.273. The molecule has 20 heavy (non-hydrogen) atoms. The SMILES string of the molecule is O=C(O)C1CCCN(c2ncnc3c(F)cccc23)C1. The van der Waals surface area contributed by atoms with Crippen molar-refractivity contribution >= 4 is 22.7 Å². The predicted molar refractivity (Wildman–Crippen MR) is 72.1 cm³/mol. The topological polar surface area (TPSA) is 66.3 Å². The summed E-state index contributed by atoms with van der Waals surface area (Å²) in [6, 6.07) is 4.73. The van der Waals surface area contributed by atoms with Gasteiger partial charge in [0.05, 0.1) is 5.92 Å². The molecule has 1 aliphatic heterocycles. The second-order valence-corrected chi connectivity index (χ2v) is 4.96. The smallest absolute Gasteiger partial charge is 0.308 e. The van der Waals surface area contributed by atoms with E-state index in [4.69, 9.17) is 5.11 Å². The van der Waals surface area contributed by atoms with Crippen molar-refractivity contribution in [1.82, 2.24) is 9.97 Å². The van der Waals surface area contributed by atoms with Crippen LogP contribution in [0.15, 0.2) is 24.5 Å². The highest BCUT2D eigenvalue weighted by Crippen LogP contribution is 2.28. The first-order valence-electron chi connectivity index (χ1n) is 6.54. The van der Waals surface area contributed by atoms with E-state index in [1.165, 1.54) is 12.4 Å². The van der Waals surface area contributed by atoms with Gasteiger partial charge in [-0.3, -0.25) is 4.79 Å². The Morgan fingerprint density at radius 3 is 3.05 bits per heavy atom. The molecule has 3 rings (SSSR count). The van der Waals surface area contributed by atoms with Crippen LogP contribution >= 0.6 is 0 Å². The fourth-order valence-corrected chi connectivity index (χ4v) is 2.66. The van der Waals surface area contributed by atoms with E-state index in [0.29, 0.717) is 24.2 Å². The molecule has 0 aliphatic carbocycles. The maximum atomic E-state index is 13.7. The number of nitrogens with zero attached hydrogens (tertiary/aromatic N) is 3. The largest absolute Gasteiger partial charge is 0.481 e. The van der Waals surface area contributed by atoms with Gasteiger partial charge < -0.3 is 10.0 Å². The molecule has 2 heterocycles. The van der Waals surface area contributed by atoms with Gasteiger partial charge in [0, 0.05) is 18.5 Å². The first kappa shape index (κ1) is 12.8. The number of hydrogen-bond acceptors (Lipinski definition) is 4. The van der Waals surface area contributed by atoms with Gasteiger partial charge in [0.15, 0.2) is 0 Å². The van der Waals surface area contributed by atoms with Crippen LogP contribution in [0.1, 0.15) is 12.8 Å². The van der Waals surface area contributed by atoms with Crippen molar-refractivity contribution in [3.05, 3.63) is 30.3 Å². The second-order valence-electron chi connectivity index (χ2n) is 4.96. The van der Waals surface area contributed by atoms with Gasteiger partial charge in [0.1, 0.15) is 23.5 Å². The number of aromatic nitrogens is 2. The van der Waals surface area contributed by atoms with Crippen molar-refractivity contribution in [3.63, 3.8) is 0 Å². The number of anilines is 1. The first-order valence-corrected chi connectivity index (χ1v) is 6.54. The minimum Gasteiger partial charge on any atom is -0.481 e. The molecule has 1 saturated heterocycles. The summed E-state index contributed by atoms with van der Waals surface area (Å²) in [6.07, 6.45) is 2.78. The number of carboxylic acids is 1. The van der Waals surface area contributed by atoms with Gasteiger partial charge >= 0.3 is 5.97 Å². The molecule has 104 valence electrons. The fourth-order valence-electron chi connectivity index (χ4n) is 2.66.